The van der Waals surface area contributed by atoms with Gasteiger partial charge in [-0.2, -0.15) is 0 Å². The molecule has 0 spiro atoms. The molecule has 1 saturated heterocycles. The Balaban J connectivity index is 2.24. The molecule has 1 atom stereocenters. The first kappa shape index (κ1) is 12.4. The SMILES string of the molecule is Cc1cc(Cl)cc(C(=O)N2CCCC2CN)c1. The lowest BCUT2D eigenvalue weighted by atomic mass is 10.1. The van der Waals surface area contributed by atoms with E-state index in [-0.39, 0.29) is 11.9 Å². The molecule has 1 aromatic carbocycles. The molecule has 0 aromatic heterocycles. The lowest BCUT2D eigenvalue weighted by molar-refractivity contribution is 0.0741. The Kier molecular flexibility index (Phi) is 3.69. The maximum Gasteiger partial charge on any atom is 0.254 e. The molecular formula is C13H17ClN2O. The zero-order valence-electron chi connectivity index (χ0n) is 9.95. The minimum atomic E-state index is 0.0450. The van der Waals surface area contributed by atoms with Gasteiger partial charge in [0.15, 0.2) is 0 Å². The lowest BCUT2D eigenvalue weighted by Gasteiger charge is -2.23. The molecule has 2 N–H and O–H groups in total. The Morgan fingerprint density at radius 1 is 1.53 bits per heavy atom. The third-order valence-corrected chi connectivity index (χ3v) is 3.42. The number of hydrogen-bond donors (Lipinski definition) is 1. The van der Waals surface area contributed by atoms with Crippen molar-refractivity contribution in [3.8, 4) is 0 Å². The molecule has 1 aromatic rings. The van der Waals surface area contributed by atoms with Crippen LogP contribution in [0, 0.1) is 6.92 Å². The summed E-state index contributed by atoms with van der Waals surface area (Å²) >= 11 is 5.98. The number of carbonyl (C=O) groups is 1. The summed E-state index contributed by atoms with van der Waals surface area (Å²) in [5, 5.41) is 0.608. The van der Waals surface area contributed by atoms with E-state index >= 15 is 0 Å². The lowest BCUT2D eigenvalue weighted by Crippen LogP contribution is -2.39. The molecule has 1 fully saturated rings. The fourth-order valence-electron chi connectivity index (χ4n) is 2.37. The molecule has 17 heavy (non-hydrogen) atoms. The first-order valence-corrected chi connectivity index (χ1v) is 6.28. The van der Waals surface area contributed by atoms with Crippen LogP contribution in [0.25, 0.3) is 0 Å². The highest BCUT2D eigenvalue weighted by molar-refractivity contribution is 6.31. The van der Waals surface area contributed by atoms with E-state index in [9.17, 15) is 4.79 Å². The smallest absolute Gasteiger partial charge is 0.254 e. The van der Waals surface area contributed by atoms with Crippen LogP contribution in [-0.4, -0.2) is 29.9 Å². The average molecular weight is 253 g/mol. The average Bonchev–Trinajstić information content (AvgIpc) is 2.74. The molecule has 1 unspecified atom stereocenters. The van der Waals surface area contributed by atoms with Crippen molar-refractivity contribution in [2.75, 3.05) is 13.1 Å². The van der Waals surface area contributed by atoms with Crippen LogP contribution in [-0.2, 0) is 0 Å². The van der Waals surface area contributed by atoms with E-state index in [1.165, 1.54) is 0 Å². The molecule has 0 radical (unpaired) electrons. The number of benzene rings is 1. The Bertz CT molecular complexity index is 413. The molecule has 0 aliphatic carbocycles. The number of aryl methyl sites for hydroxylation is 1. The topological polar surface area (TPSA) is 46.3 Å². The van der Waals surface area contributed by atoms with Gasteiger partial charge < -0.3 is 10.6 Å². The molecule has 1 heterocycles. The number of amides is 1. The Hall–Kier alpha value is -1.06. The van der Waals surface area contributed by atoms with E-state index in [1.54, 1.807) is 6.07 Å². The van der Waals surface area contributed by atoms with Crippen molar-refractivity contribution in [2.45, 2.75) is 25.8 Å². The zero-order chi connectivity index (χ0) is 12.4. The molecule has 92 valence electrons. The van der Waals surface area contributed by atoms with Gasteiger partial charge in [-0.05, 0) is 43.5 Å². The summed E-state index contributed by atoms with van der Waals surface area (Å²) in [6.07, 6.45) is 2.04. The molecule has 0 saturated carbocycles. The van der Waals surface area contributed by atoms with Crippen LogP contribution in [0.1, 0.15) is 28.8 Å². The van der Waals surface area contributed by atoms with Crippen molar-refractivity contribution in [1.82, 2.24) is 4.90 Å². The van der Waals surface area contributed by atoms with Crippen LogP contribution in [0.2, 0.25) is 5.02 Å². The van der Waals surface area contributed by atoms with E-state index in [0.717, 1.165) is 24.9 Å². The van der Waals surface area contributed by atoms with Crippen molar-refractivity contribution in [3.63, 3.8) is 0 Å². The molecule has 1 aliphatic heterocycles. The fourth-order valence-corrected chi connectivity index (χ4v) is 2.66. The maximum atomic E-state index is 12.3. The molecule has 1 amide bonds. The minimum absolute atomic E-state index is 0.0450. The monoisotopic (exact) mass is 252 g/mol. The quantitative estimate of drug-likeness (QED) is 0.877. The second-order valence-corrected chi connectivity index (χ2v) is 4.98. The van der Waals surface area contributed by atoms with Crippen LogP contribution >= 0.6 is 11.6 Å². The molecule has 0 bridgehead atoms. The molecule has 3 nitrogen and oxygen atoms in total. The summed E-state index contributed by atoms with van der Waals surface area (Å²) < 4.78 is 0. The highest BCUT2D eigenvalue weighted by Crippen LogP contribution is 2.21. The second-order valence-electron chi connectivity index (χ2n) is 4.55. The van der Waals surface area contributed by atoms with E-state index < -0.39 is 0 Å². The van der Waals surface area contributed by atoms with Crippen LogP contribution in [0.5, 0.6) is 0 Å². The molecular weight excluding hydrogens is 236 g/mol. The minimum Gasteiger partial charge on any atom is -0.334 e. The number of carbonyl (C=O) groups excluding carboxylic acids is 1. The standard InChI is InChI=1S/C13H17ClN2O/c1-9-5-10(7-11(14)6-9)13(17)16-4-2-3-12(16)8-15/h5-7,12H,2-4,8,15H2,1H3. The zero-order valence-corrected chi connectivity index (χ0v) is 10.7. The number of nitrogens with two attached hydrogens (primary N) is 1. The van der Waals surface area contributed by atoms with Gasteiger partial charge in [0.25, 0.3) is 5.91 Å². The van der Waals surface area contributed by atoms with Crippen molar-refractivity contribution in [1.29, 1.82) is 0 Å². The maximum absolute atomic E-state index is 12.3. The van der Waals surface area contributed by atoms with Crippen molar-refractivity contribution < 1.29 is 4.79 Å². The van der Waals surface area contributed by atoms with E-state index in [0.29, 0.717) is 17.1 Å². The van der Waals surface area contributed by atoms with E-state index in [4.69, 9.17) is 17.3 Å². The normalized spacial score (nSPS) is 19.7. The van der Waals surface area contributed by atoms with Crippen LogP contribution in [0.3, 0.4) is 0 Å². The van der Waals surface area contributed by atoms with Crippen LogP contribution in [0.4, 0.5) is 0 Å². The highest BCUT2D eigenvalue weighted by atomic mass is 35.5. The summed E-state index contributed by atoms with van der Waals surface area (Å²) in [6.45, 7) is 3.27. The number of rotatable bonds is 2. The number of likely N-dealkylation sites (tertiary alicyclic amines) is 1. The first-order valence-electron chi connectivity index (χ1n) is 5.90. The summed E-state index contributed by atoms with van der Waals surface area (Å²) in [4.78, 5) is 14.2. The van der Waals surface area contributed by atoms with Gasteiger partial charge in [0.2, 0.25) is 0 Å². The van der Waals surface area contributed by atoms with E-state index in [2.05, 4.69) is 0 Å². The van der Waals surface area contributed by atoms with Gasteiger partial charge in [-0.1, -0.05) is 11.6 Å². The highest BCUT2D eigenvalue weighted by Gasteiger charge is 2.28. The Morgan fingerprint density at radius 3 is 2.94 bits per heavy atom. The van der Waals surface area contributed by atoms with Crippen LogP contribution < -0.4 is 5.73 Å². The van der Waals surface area contributed by atoms with Crippen molar-refractivity contribution in [3.05, 3.63) is 34.3 Å². The second kappa shape index (κ2) is 5.07. The largest absolute Gasteiger partial charge is 0.334 e. The van der Waals surface area contributed by atoms with Gasteiger partial charge in [0.05, 0.1) is 0 Å². The predicted octanol–water partition coefficient (Wildman–Crippen LogP) is 2.21. The summed E-state index contributed by atoms with van der Waals surface area (Å²) in [7, 11) is 0. The molecule has 4 heteroatoms. The Labute approximate surface area is 107 Å². The number of halogens is 1. The summed E-state index contributed by atoms with van der Waals surface area (Å²) in [5.41, 5.74) is 7.35. The van der Waals surface area contributed by atoms with Gasteiger partial charge in [-0.25, -0.2) is 0 Å². The fraction of sp³-hybridized carbons (Fsp3) is 0.462. The van der Waals surface area contributed by atoms with Gasteiger partial charge in [0.1, 0.15) is 0 Å². The molecule has 2 rings (SSSR count). The van der Waals surface area contributed by atoms with Gasteiger partial charge in [-0.3, -0.25) is 4.79 Å². The predicted molar refractivity (Wildman–Crippen MR) is 69.3 cm³/mol. The van der Waals surface area contributed by atoms with Gasteiger partial charge in [0, 0.05) is 29.7 Å². The van der Waals surface area contributed by atoms with Gasteiger partial charge >= 0.3 is 0 Å². The van der Waals surface area contributed by atoms with E-state index in [1.807, 2.05) is 24.0 Å². The molecule has 1 aliphatic rings. The third kappa shape index (κ3) is 2.61. The summed E-state index contributed by atoms with van der Waals surface area (Å²) in [5.74, 6) is 0.0450. The van der Waals surface area contributed by atoms with Gasteiger partial charge in [-0.15, -0.1) is 0 Å². The number of hydrogen-bond acceptors (Lipinski definition) is 2. The Morgan fingerprint density at radius 2 is 2.29 bits per heavy atom. The first-order chi connectivity index (χ1) is 8.11. The number of nitrogens with zero attached hydrogens (tertiary/aromatic N) is 1. The van der Waals surface area contributed by atoms with Crippen molar-refractivity contribution in [2.24, 2.45) is 5.73 Å². The summed E-state index contributed by atoms with van der Waals surface area (Å²) in [6, 6.07) is 5.63. The van der Waals surface area contributed by atoms with Crippen molar-refractivity contribution >= 4 is 17.5 Å². The van der Waals surface area contributed by atoms with Crippen LogP contribution in [0.15, 0.2) is 18.2 Å². The third-order valence-electron chi connectivity index (χ3n) is 3.20.